The number of Topliss-reactive ketones (excluding diaryl/α,β-unsaturated/α-hetero) is 1. The summed E-state index contributed by atoms with van der Waals surface area (Å²) in [4.78, 5) is 54.7. The summed E-state index contributed by atoms with van der Waals surface area (Å²) in [6, 6.07) is 2.45. The number of aryl methyl sites for hydroxylation is 1. The summed E-state index contributed by atoms with van der Waals surface area (Å²) in [6.07, 6.45) is 4.88. The van der Waals surface area contributed by atoms with E-state index in [-0.39, 0.29) is 30.4 Å². The maximum atomic E-state index is 13.7. The molecule has 4 atom stereocenters. The van der Waals surface area contributed by atoms with Crippen LogP contribution in [0.5, 0.6) is 5.75 Å². The van der Waals surface area contributed by atoms with E-state index < -0.39 is 35.5 Å². The summed E-state index contributed by atoms with van der Waals surface area (Å²) < 4.78 is 10.7. The number of nitrogens with one attached hydrogen (secondary N) is 3. The van der Waals surface area contributed by atoms with Crippen molar-refractivity contribution < 1.29 is 33.8 Å². The normalized spacial score (nSPS) is 23.3. The molecule has 3 fully saturated rings. The molecule has 2 heterocycles. The highest BCUT2D eigenvalue weighted by Crippen LogP contribution is 2.33. The molecule has 0 aromatic heterocycles. The number of amides is 3. The van der Waals surface area contributed by atoms with Gasteiger partial charge in [0.25, 0.3) is 0 Å². The van der Waals surface area contributed by atoms with Crippen LogP contribution >= 0.6 is 0 Å². The Morgan fingerprint density at radius 2 is 1.71 bits per heavy atom. The fraction of sp³-hybridized carbons (Fsp3) is 0.667. The summed E-state index contributed by atoms with van der Waals surface area (Å²) in [5.74, 6) is -1.03. The van der Waals surface area contributed by atoms with Gasteiger partial charge in [-0.3, -0.25) is 24.1 Å². The van der Waals surface area contributed by atoms with Crippen LogP contribution in [0.1, 0.15) is 57.1 Å². The van der Waals surface area contributed by atoms with Crippen LogP contribution in [0.15, 0.2) is 18.2 Å². The molecule has 0 radical (unpaired) electrons. The third kappa shape index (κ3) is 8.73. The zero-order chi connectivity index (χ0) is 29.6. The number of morpholine rings is 1. The molecule has 1 aliphatic carbocycles. The van der Waals surface area contributed by atoms with Crippen LogP contribution in [0.3, 0.4) is 0 Å². The van der Waals surface area contributed by atoms with Gasteiger partial charge in [-0.25, -0.2) is 0 Å². The third-order valence-electron chi connectivity index (χ3n) is 8.36. The van der Waals surface area contributed by atoms with Crippen molar-refractivity contribution in [3.05, 3.63) is 29.3 Å². The number of carbonyl (C=O) groups is 4. The molecule has 0 spiro atoms. The average Bonchev–Trinajstić information content (AvgIpc) is 3.48. The van der Waals surface area contributed by atoms with Gasteiger partial charge >= 0.3 is 0 Å². The zero-order valence-corrected chi connectivity index (χ0v) is 24.4. The first kappa shape index (κ1) is 30.9. The van der Waals surface area contributed by atoms with Crippen LogP contribution in [0.2, 0.25) is 0 Å². The Balaban J connectivity index is 1.44. The molecule has 2 saturated heterocycles. The number of nitrogens with zero attached hydrogens (tertiary/aromatic N) is 1. The molecule has 0 unspecified atom stereocenters. The fourth-order valence-electron chi connectivity index (χ4n) is 5.54. The maximum absolute atomic E-state index is 13.7. The van der Waals surface area contributed by atoms with Crippen molar-refractivity contribution in [2.75, 3.05) is 39.5 Å². The summed E-state index contributed by atoms with van der Waals surface area (Å²) in [6.45, 7) is 7.96. The molecule has 226 valence electrons. The highest BCUT2D eigenvalue weighted by molar-refractivity contribution is 5.98. The first-order chi connectivity index (χ1) is 19.5. The molecule has 2 aliphatic heterocycles. The number of hydrogen-bond donors (Lipinski definition) is 4. The summed E-state index contributed by atoms with van der Waals surface area (Å²) in [5, 5.41) is 18.6. The summed E-state index contributed by atoms with van der Waals surface area (Å²) in [7, 11) is 0. The van der Waals surface area contributed by atoms with E-state index in [1.807, 2.05) is 4.90 Å². The second kappa shape index (κ2) is 13.8. The van der Waals surface area contributed by atoms with Crippen molar-refractivity contribution in [1.82, 2.24) is 20.9 Å². The molecule has 11 nitrogen and oxygen atoms in total. The quantitative estimate of drug-likeness (QED) is 0.256. The number of ether oxygens (including phenoxy) is 2. The van der Waals surface area contributed by atoms with Gasteiger partial charge in [0.1, 0.15) is 23.4 Å². The first-order valence-corrected chi connectivity index (χ1v) is 14.7. The Hall–Kier alpha value is -3.02. The number of phenolic OH excluding ortho intramolecular Hbond substituents is 1. The molecule has 41 heavy (non-hydrogen) atoms. The largest absolute Gasteiger partial charge is 0.508 e. The second-order valence-electron chi connectivity index (χ2n) is 11.9. The Kier molecular flexibility index (Phi) is 10.4. The minimum Gasteiger partial charge on any atom is -0.508 e. The number of phenols is 1. The molecular formula is C30H44N4O7. The SMILES string of the molecule is Cc1ccc(C[C@H](NC(=O)[C@H](C)NC(=O)CN2CCOCC2)C(=O)N[C@@H](CC2CCCC2)C(=O)[C@@]2(C)CO2)cc1O. The van der Waals surface area contributed by atoms with Gasteiger partial charge in [0, 0.05) is 19.5 Å². The van der Waals surface area contributed by atoms with E-state index in [2.05, 4.69) is 16.0 Å². The molecule has 4 rings (SSSR count). The van der Waals surface area contributed by atoms with Gasteiger partial charge in [-0.05, 0) is 50.3 Å². The first-order valence-electron chi connectivity index (χ1n) is 14.7. The van der Waals surface area contributed by atoms with E-state index in [0.717, 1.165) is 25.7 Å². The molecule has 11 heteroatoms. The zero-order valence-electron chi connectivity index (χ0n) is 24.4. The minimum atomic E-state index is -1.03. The molecule has 1 aromatic rings. The second-order valence-corrected chi connectivity index (χ2v) is 11.9. The van der Waals surface area contributed by atoms with E-state index >= 15 is 0 Å². The van der Waals surface area contributed by atoms with Crippen molar-refractivity contribution in [3.63, 3.8) is 0 Å². The lowest BCUT2D eigenvalue weighted by molar-refractivity contribution is -0.134. The van der Waals surface area contributed by atoms with Crippen LogP contribution in [-0.4, -0.2) is 96.7 Å². The van der Waals surface area contributed by atoms with Crippen LogP contribution in [0.4, 0.5) is 0 Å². The summed E-state index contributed by atoms with van der Waals surface area (Å²) in [5.41, 5.74) is 0.445. The molecular weight excluding hydrogens is 528 g/mol. The van der Waals surface area contributed by atoms with E-state index in [4.69, 9.17) is 9.47 Å². The lowest BCUT2D eigenvalue weighted by Gasteiger charge is -2.27. The van der Waals surface area contributed by atoms with Gasteiger partial charge in [0.15, 0.2) is 5.78 Å². The number of rotatable bonds is 13. The lowest BCUT2D eigenvalue weighted by Crippen LogP contribution is -2.57. The van der Waals surface area contributed by atoms with Gasteiger partial charge in [-0.1, -0.05) is 37.8 Å². The van der Waals surface area contributed by atoms with E-state index in [1.54, 1.807) is 39.0 Å². The van der Waals surface area contributed by atoms with E-state index in [1.165, 1.54) is 0 Å². The number of benzene rings is 1. The van der Waals surface area contributed by atoms with Gasteiger partial charge in [-0.15, -0.1) is 0 Å². The molecule has 1 aromatic carbocycles. The molecule has 3 aliphatic rings. The van der Waals surface area contributed by atoms with E-state index in [0.29, 0.717) is 56.4 Å². The van der Waals surface area contributed by atoms with Crippen molar-refractivity contribution >= 4 is 23.5 Å². The predicted octanol–water partition coefficient (Wildman–Crippen LogP) is 0.988. The van der Waals surface area contributed by atoms with Gasteiger partial charge in [-0.2, -0.15) is 0 Å². The monoisotopic (exact) mass is 572 g/mol. The standard InChI is InChI=1S/C30H44N4O7/c1-19-8-9-22(16-25(19)35)15-24(33-28(38)20(2)31-26(36)17-34-10-12-40-13-11-34)29(39)32-23(14-21-6-4-5-7-21)27(37)30(3)18-41-30/h8-9,16,20-21,23-24,35H,4-7,10-15,17-18H2,1-3H3,(H,31,36)(H,32,39)(H,33,38)/t20-,23-,24-,30+/m0/s1. The highest BCUT2D eigenvalue weighted by atomic mass is 16.6. The minimum absolute atomic E-state index is 0.0878. The third-order valence-corrected chi connectivity index (χ3v) is 8.36. The Labute approximate surface area is 241 Å². The number of hydrogen-bond acceptors (Lipinski definition) is 8. The lowest BCUT2D eigenvalue weighted by atomic mass is 9.90. The predicted molar refractivity (Wildman–Crippen MR) is 151 cm³/mol. The van der Waals surface area contributed by atoms with Gasteiger partial charge in [0.2, 0.25) is 17.7 Å². The van der Waals surface area contributed by atoms with Crippen molar-refractivity contribution in [2.45, 2.75) is 83.0 Å². The van der Waals surface area contributed by atoms with Gasteiger partial charge in [0.05, 0.1) is 32.4 Å². The average molecular weight is 573 g/mol. The maximum Gasteiger partial charge on any atom is 0.243 e. The smallest absolute Gasteiger partial charge is 0.243 e. The Morgan fingerprint density at radius 3 is 2.34 bits per heavy atom. The fourth-order valence-corrected chi connectivity index (χ4v) is 5.54. The van der Waals surface area contributed by atoms with Gasteiger partial charge < -0.3 is 30.5 Å². The number of epoxide rings is 1. The highest BCUT2D eigenvalue weighted by Gasteiger charge is 2.50. The Bertz CT molecular complexity index is 1110. The van der Waals surface area contributed by atoms with E-state index in [9.17, 15) is 24.3 Å². The van der Waals surface area contributed by atoms with Crippen LogP contribution in [0, 0.1) is 12.8 Å². The van der Waals surface area contributed by atoms with Crippen LogP contribution < -0.4 is 16.0 Å². The summed E-state index contributed by atoms with van der Waals surface area (Å²) >= 11 is 0. The number of ketones is 1. The molecule has 3 amide bonds. The topological polar surface area (TPSA) is 150 Å². The van der Waals surface area contributed by atoms with Crippen molar-refractivity contribution in [2.24, 2.45) is 5.92 Å². The van der Waals surface area contributed by atoms with Crippen LogP contribution in [-0.2, 0) is 35.1 Å². The van der Waals surface area contributed by atoms with Crippen molar-refractivity contribution in [1.29, 1.82) is 0 Å². The molecule has 1 saturated carbocycles. The number of carbonyl (C=O) groups excluding carboxylic acids is 4. The van der Waals surface area contributed by atoms with Crippen molar-refractivity contribution in [3.8, 4) is 5.75 Å². The molecule has 4 N–H and O–H groups in total. The number of aromatic hydroxyl groups is 1. The Morgan fingerprint density at radius 1 is 1.05 bits per heavy atom. The molecule has 0 bridgehead atoms. The van der Waals surface area contributed by atoms with Crippen LogP contribution in [0.25, 0.3) is 0 Å².